The Morgan fingerprint density at radius 1 is 1.08 bits per heavy atom. The zero-order valence-electron chi connectivity index (χ0n) is 13.1. The first kappa shape index (κ1) is 16.9. The van der Waals surface area contributed by atoms with Crippen LogP contribution in [0.4, 0.5) is 10.1 Å². The van der Waals surface area contributed by atoms with Crippen LogP contribution in [0, 0.1) is 5.82 Å². The van der Waals surface area contributed by atoms with E-state index in [1.165, 1.54) is 28.8 Å². The van der Waals surface area contributed by atoms with Gasteiger partial charge in [-0.1, -0.05) is 29.8 Å². The molecule has 0 aliphatic rings. The molecule has 0 saturated carbocycles. The van der Waals surface area contributed by atoms with Gasteiger partial charge in [-0.15, -0.1) is 0 Å². The van der Waals surface area contributed by atoms with Crippen LogP contribution in [-0.2, 0) is 6.54 Å². The maximum atomic E-state index is 13.2. The minimum absolute atomic E-state index is 0.0196. The fourth-order valence-electron chi connectivity index (χ4n) is 2.43. The van der Waals surface area contributed by atoms with E-state index in [0.717, 1.165) is 5.56 Å². The van der Waals surface area contributed by atoms with E-state index in [1.54, 1.807) is 36.5 Å². The molecule has 1 heterocycles. The molecule has 0 spiro atoms. The van der Waals surface area contributed by atoms with Gasteiger partial charge < -0.3 is 9.88 Å². The largest absolute Gasteiger partial charge is 0.322 e. The fraction of sp³-hybridized carbons (Fsp3) is 0.0526. The molecule has 3 rings (SSSR count). The summed E-state index contributed by atoms with van der Waals surface area (Å²) in [7, 11) is 0. The summed E-state index contributed by atoms with van der Waals surface area (Å²) in [6, 6.07) is 15.7. The van der Waals surface area contributed by atoms with E-state index in [2.05, 4.69) is 5.32 Å². The predicted molar refractivity (Wildman–Crippen MR) is 95.6 cm³/mol. The van der Waals surface area contributed by atoms with Gasteiger partial charge in [0, 0.05) is 16.9 Å². The molecule has 1 amide bonds. The molecule has 2 aromatic carbocycles. The molecule has 0 fully saturated rings. The second-order valence-electron chi connectivity index (χ2n) is 5.45. The molecule has 0 aliphatic carbocycles. The normalized spacial score (nSPS) is 10.5. The number of anilines is 1. The second-order valence-corrected chi connectivity index (χ2v) is 5.89. The number of benzene rings is 2. The SMILES string of the molecule is O=C(Nc1cccc(F)c1)c1cccn(Cc2cccc(Cl)c2)c1=O. The average Bonchev–Trinajstić information content (AvgIpc) is 2.57. The monoisotopic (exact) mass is 356 g/mol. The van der Waals surface area contributed by atoms with Crippen LogP contribution in [0.15, 0.2) is 71.7 Å². The van der Waals surface area contributed by atoms with E-state index in [4.69, 9.17) is 11.6 Å². The molecule has 0 saturated heterocycles. The number of amides is 1. The van der Waals surface area contributed by atoms with Crippen molar-refractivity contribution < 1.29 is 9.18 Å². The Morgan fingerprint density at radius 3 is 2.64 bits per heavy atom. The molecule has 126 valence electrons. The van der Waals surface area contributed by atoms with Crippen LogP contribution in [0.2, 0.25) is 5.02 Å². The van der Waals surface area contributed by atoms with Crippen molar-refractivity contribution in [2.24, 2.45) is 0 Å². The molecule has 0 unspecified atom stereocenters. The van der Waals surface area contributed by atoms with Crippen LogP contribution in [-0.4, -0.2) is 10.5 Å². The summed E-state index contributed by atoms with van der Waals surface area (Å²) in [6.07, 6.45) is 1.60. The van der Waals surface area contributed by atoms with Crippen LogP contribution in [0.25, 0.3) is 0 Å². The first-order valence-corrected chi connectivity index (χ1v) is 7.91. The number of carbonyl (C=O) groups excluding carboxylic acids is 1. The van der Waals surface area contributed by atoms with E-state index in [9.17, 15) is 14.0 Å². The van der Waals surface area contributed by atoms with E-state index >= 15 is 0 Å². The Balaban J connectivity index is 1.85. The molecule has 4 nitrogen and oxygen atoms in total. The maximum Gasteiger partial charge on any atom is 0.263 e. The number of nitrogens with one attached hydrogen (secondary N) is 1. The maximum absolute atomic E-state index is 13.2. The zero-order valence-corrected chi connectivity index (χ0v) is 13.8. The average molecular weight is 357 g/mol. The highest BCUT2D eigenvalue weighted by Gasteiger charge is 2.13. The standard InChI is InChI=1S/C19H14ClFN2O2/c20-14-5-1-4-13(10-14)12-23-9-3-8-17(19(23)25)18(24)22-16-7-2-6-15(21)11-16/h1-11H,12H2,(H,22,24). The minimum atomic E-state index is -0.587. The molecular weight excluding hydrogens is 343 g/mol. The first-order chi connectivity index (χ1) is 12.0. The van der Waals surface area contributed by atoms with Gasteiger partial charge >= 0.3 is 0 Å². The van der Waals surface area contributed by atoms with Gasteiger partial charge in [0.1, 0.15) is 11.4 Å². The van der Waals surface area contributed by atoms with Crippen LogP contribution in [0.5, 0.6) is 0 Å². The van der Waals surface area contributed by atoms with Gasteiger partial charge in [-0.25, -0.2) is 4.39 Å². The molecule has 0 bridgehead atoms. The number of hydrogen-bond donors (Lipinski definition) is 1. The molecule has 1 N–H and O–H groups in total. The summed E-state index contributed by atoms with van der Waals surface area (Å²) in [5.74, 6) is -1.06. The van der Waals surface area contributed by atoms with Gasteiger partial charge in [0.25, 0.3) is 11.5 Å². The third-order valence-electron chi connectivity index (χ3n) is 3.59. The topological polar surface area (TPSA) is 51.1 Å². The molecule has 0 radical (unpaired) electrons. The zero-order chi connectivity index (χ0) is 17.8. The van der Waals surface area contributed by atoms with Crippen LogP contribution in [0.1, 0.15) is 15.9 Å². The molecular formula is C19H14ClFN2O2. The second kappa shape index (κ2) is 7.32. The van der Waals surface area contributed by atoms with E-state index < -0.39 is 17.3 Å². The van der Waals surface area contributed by atoms with Crippen molar-refractivity contribution in [1.29, 1.82) is 0 Å². The Morgan fingerprint density at radius 2 is 1.88 bits per heavy atom. The van der Waals surface area contributed by atoms with Crippen LogP contribution < -0.4 is 10.9 Å². The van der Waals surface area contributed by atoms with E-state index in [-0.39, 0.29) is 11.3 Å². The summed E-state index contributed by atoms with van der Waals surface area (Å²) in [6.45, 7) is 0.292. The van der Waals surface area contributed by atoms with Crippen LogP contribution >= 0.6 is 11.6 Å². The summed E-state index contributed by atoms with van der Waals surface area (Å²) >= 11 is 5.95. The summed E-state index contributed by atoms with van der Waals surface area (Å²) < 4.78 is 14.6. The van der Waals surface area contributed by atoms with Crippen molar-refractivity contribution in [3.8, 4) is 0 Å². The highest BCUT2D eigenvalue weighted by Crippen LogP contribution is 2.12. The number of rotatable bonds is 4. The van der Waals surface area contributed by atoms with Crippen molar-refractivity contribution in [3.05, 3.63) is 99.2 Å². The smallest absolute Gasteiger partial charge is 0.263 e. The lowest BCUT2D eigenvalue weighted by molar-refractivity contribution is 0.102. The quantitative estimate of drug-likeness (QED) is 0.769. The molecule has 6 heteroatoms. The van der Waals surface area contributed by atoms with Crippen molar-refractivity contribution in [2.45, 2.75) is 6.54 Å². The molecule has 0 atom stereocenters. The third-order valence-corrected chi connectivity index (χ3v) is 3.82. The summed E-state index contributed by atoms with van der Waals surface area (Å²) in [5.41, 5.74) is 0.678. The lowest BCUT2D eigenvalue weighted by Gasteiger charge is -2.09. The minimum Gasteiger partial charge on any atom is -0.322 e. The number of pyridine rings is 1. The van der Waals surface area contributed by atoms with Crippen LogP contribution in [0.3, 0.4) is 0 Å². The number of hydrogen-bond acceptors (Lipinski definition) is 2. The summed E-state index contributed by atoms with van der Waals surface area (Å²) in [5, 5.41) is 3.10. The molecule has 3 aromatic rings. The Kier molecular flexibility index (Phi) is 4.95. The fourth-order valence-corrected chi connectivity index (χ4v) is 2.64. The number of nitrogens with zero attached hydrogens (tertiary/aromatic N) is 1. The number of carbonyl (C=O) groups is 1. The molecule has 25 heavy (non-hydrogen) atoms. The van der Waals surface area contributed by atoms with E-state index in [1.807, 2.05) is 6.07 Å². The van der Waals surface area contributed by atoms with Crippen molar-refractivity contribution >= 4 is 23.2 Å². The molecule has 0 aliphatic heterocycles. The van der Waals surface area contributed by atoms with E-state index in [0.29, 0.717) is 11.6 Å². The van der Waals surface area contributed by atoms with Gasteiger partial charge in [-0.3, -0.25) is 9.59 Å². The lowest BCUT2D eigenvalue weighted by atomic mass is 10.2. The van der Waals surface area contributed by atoms with Gasteiger partial charge in [0.15, 0.2) is 0 Å². The van der Waals surface area contributed by atoms with Gasteiger partial charge in [-0.2, -0.15) is 0 Å². The number of halogens is 2. The Hall–Kier alpha value is -2.92. The van der Waals surface area contributed by atoms with Crippen molar-refractivity contribution in [1.82, 2.24) is 4.57 Å². The predicted octanol–water partition coefficient (Wildman–Crippen LogP) is 3.94. The summed E-state index contributed by atoms with van der Waals surface area (Å²) in [4.78, 5) is 24.9. The first-order valence-electron chi connectivity index (χ1n) is 7.54. The number of aromatic nitrogens is 1. The van der Waals surface area contributed by atoms with Gasteiger partial charge in [0.05, 0.1) is 6.54 Å². The van der Waals surface area contributed by atoms with Crippen molar-refractivity contribution in [3.63, 3.8) is 0 Å². The third kappa shape index (κ3) is 4.14. The lowest BCUT2D eigenvalue weighted by Crippen LogP contribution is -2.29. The van der Waals surface area contributed by atoms with Gasteiger partial charge in [0.2, 0.25) is 0 Å². The Labute approximate surface area is 148 Å². The highest BCUT2D eigenvalue weighted by molar-refractivity contribution is 6.30. The highest BCUT2D eigenvalue weighted by atomic mass is 35.5. The molecule has 1 aromatic heterocycles. The Bertz CT molecular complexity index is 985. The van der Waals surface area contributed by atoms with Gasteiger partial charge in [-0.05, 0) is 48.0 Å². The van der Waals surface area contributed by atoms with Crippen molar-refractivity contribution in [2.75, 3.05) is 5.32 Å².